The quantitative estimate of drug-likeness (QED) is 0.885. The lowest BCUT2D eigenvalue weighted by molar-refractivity contribution is 0.531. The van der Waals surface area contributed by atoms with E-state index in [1.165, 1.54) is 12.1 Å². The van der Waals surface area contributed by atoms with E-state index in [-0.39, 0.29) is 6.04 Å². The lowest BCUT2D eigenvalue weighted by Gasteiger charge is -2.19. The molecule has 1 atom stereocenters. The Bertz CT molecular complexity index is 608. The van der Waals surface area contributed by atoms with Gasteiger partial charge in [0, 0.05) is 30.4 Å². The van der Waals surface area contributed by atoms with E-state index in [0.717, 1.165) is 36.7 Å². The van der Waals surface area contributed by atoms with Crippen molar-refractivity contribution in [3.05, 3.63) is 52.9 Å². The molecule has 1 aromatic carbocycles. The summed E-state index contributed by atoms with van der Waals surface area (Å²) in [6.07, 6.45) is 3.60. The molecule has 0 saturated heterocycles. The van der Waals surface area contributed by atoms with Crippen molar-refractivity contribution >= 4 is 0 Å². The third-order valence-corrected chi connectivity index (χ3v) is 3.46. The van der Waals surface area contributed by atoms with Crippen LogP contribution in [0.5, 0.6) is 0 Å². The molecule has 0 radical (unpaired) electrons. The van der Waals surface area contributed by atoms with Crippen LogP contribution in [0.15, 0.2) is 24.4 Å². The van der Waals surface area contributed by atoms with E-state index in [2.05, 4.69) is 17.3 Å². The van der Waals surface area contributed by atoms with Crippen molar-refractivity contribution in [1.29, 1.82) is 0 Å². The summed E-state index contributed by atoms with van der Waals surface area (Å²) < 4.78 is 29.0. The fourth-order valence-electron chi connectivity index (χ4n) is 2.48. The summed E-state index contributed by atoms with van der Waals surface area (Å²) in [6, 6.07) is 3.41. The van der Waals surface area contributed by atoms with Crippen LogP contribution in [0.4, 0.5) is 8.78 Å². The molecule has 0 fully saturated rings. The normalized spacial score (nSPS) is 12.6. The molecule has 1 N–H and O–H groups in total. The van der Waals surface area contributed by atoms with Gasteiger partial charge in [-0.2, -0.15) is 5.10 Å². The van der Waals surface area contributed by atoms with Gasteiger partial charge in [-0.3, -0.25) is 4.68 Å². The lowest BCUT2D eigenvalue weighted by atomic mass is 9.97. The summed E-state index contributed by atoms with van der Waals surface area (Å²) >= 11 is 0. The van der Waals surface area contributed by atoms with Crippen LogP contribution in [0.1, 0.15) is 43.1 Å². The molecule has 5 heteroatoms. The number of nitrogens with one attached hydrogen (secondary N) is 1. The Morgan fingerprint density at radius 3 is 2.62 bits per heavy atom. The summed E-state index contributed by atoms with van der Waals surface area (Å²) in [6.45, 7) is 4.82. The van der Waals surface area contributed by atoms with Crippen LogP contribution in [0.25, 0.3) is 0 Å². The molecule has 3 nitrogen and oxygen atoms in total. The zero-order valence-electron chi connectivity index (χ0n) is 12.7. The molecular formula is C16H21F2N3. The second kappa shape index (κ2) is 6.80. The molecule has 1 aromatic heterocycles. The predicted octanol–water partition coefficient (Wildman–Crippen LogP) is 3.35. The molecular weight excluding hydrogens is 272 g/mol. The summed E-state index contributed by atoms with van der Waals surface area (Å²) in [7, 11) is 1.85. The summed E-state index contributed by atoms with van der Waals surface area (Å²) in [5, 5.41) is 7.75. The van der Waals surface area contributed by atoms with Crippen molar-refractivity contribution in [3.63, 3.8) is 0 Å². The third kappa shape index (κ3) is 3.47. The Morgan fingerprint density at radius 1 is 1.24 bits per heavy atom. The minimum atomic E-state index is -0.563. The first kappa shape index (κ1) is 15.6. The van der Waals surface area contributed by atoms with Crippen molar-refractivity contribution < 1.29 is 8.78 Å². The standard InChI is InChI=1S/C16H21F2N3/c1-4-8-19-16(12-7-6-11(17)9-14(12)18)13-10-21(3)20-15(13)5-2/h6-7,9-10,16,19H,4-5,8H2,1-3H3. The van der Waals surface area contributed by atoms with Gasteiger partial charge in [0.15, 0.2) is 0 Å². The van der Waals surface area contributed by atoms with Gasteiger partial charge < -0.3 is 5.32 Å². The largest absolute Gasteiger partial charge is 0.306 e. The van der Waals surface area contributed by atoms with E-state index >= 15 is 0 Å². The minimum absolute atomic E-state index is 0.311. The van der Waals surface area contributed by atoms with Crippen molar-refractivity contribution in [2.24, 2.45) is 7.05 Å². The van der Waals surface area contributed by atoms with Crippen LogP contribution in [-0.2, 0) is 13.5 Å². The Morgan fingerprint density at radius 2 is 2.00 bits per heavy atom. The van der Waals surface area contributed by atoms with Crippen LogP contribution in [0.2, 0.25) is 0 Å². The topological polar surface area (TPSA) is 29.9 Å². The second-order valence-corrected chi connectivity index (χ2v) is 5.11. The first-order valence-corrected chi connectivity index (χ1v) is 7.27. The van der Waals surface area contributed by atoms with Crippen molar-refractivity contribution in [2.75, 3.05) is 6.54 Å². The SMILES string of the molecule is CCCNC(c1ccc(F)cc1F)c1cn(C)nc1CC. The highest BCUT2D eigenvalue weighted by Gasteiger charge is 2.22. The van der Waals surface area contributed by atoms with Gasteiger partial charge >= 0.3 is 0 Å². The van der Waals surface area contributed by atoms with Gasteiger partial charge in [0.25, 0.3) is 0 Å². The highest BCUT2D eigenvalue weighted by Crippen LogP contribution is 2.27. The highest BCUT2D eigenvalue weighted by atomic mass is 19.1. The fourth-order valence-corrected chi connectivity index (χ4v) is 2.48. The minimum Gasteiger partial charge on any atom is -0.306 e. The Labute approximate surface area is 124 Å². The maximum Gasteiger partial charge on any atom is 0.131 e. The highest BCUT2D eigenvalue weighted by molar-refractivity contribution is 5.34. The van der Waals surface area contributed by atoms with Gasteiger partial charge in [0.05, 0.1) is 11.7 Å². The first-order chi connectivity index (χ1) is 10.1. The van der Waals surface area contributed by atoms with Crippen molar-refractivity contribution in [2.45, 2.75) is 32.7 Å². The first-order valence-electron chi connectivity index (χ1n) is 7.27. The average molecular weight is 293 g/mol. The second-order valence-electron chi connectivity index (χ2n) is 5.11. The molecule has 0 saturated carbocycles. The molecule has 0 amide bonds. The number of halogens is 2. The maximum absolute atomic E-state index is 14.1. The summed E-state index contributed by atoms with van der Waals surface area (Å²) in [4.78, 5) is 0. The van der Waals surface area contributed by atoms with E-state index in [1.54, 1.807) is 4.68 Å². The summed E-state index contributed by atoms with van der Waals surface area (Å²) in [5.74, 6) is -1.10. The van der Waals surface area contributed by atoms with Gasteiger partial charge in [0.1, 0.15) is 11.6 Å². The molecule has 114 valence electrons. The van der Waals surface area contributed by atoms with E-state index < -0.39 is 11.6 Å². The van der Waals surface area contributed by atoms with Gasteiger partial charge in [-0.1, -0.05) is 19.9 Å². The smallest absolute Gasteiger partial charge is 0.131 e. The zero-order chi connectivity index (χ0) is 15.4. The van der Waals surface area contributed by atoms with Crippen LogP contribution in [0, 0.1) is 11.6 Å². The molecule has 0 aliphatic carbocycles. The number of aromatic nitrogens is 2. The van der Waals surface area contributed by atoms with Crippen LogP contribution < -0.4 is 5.32 Å². The molecule has 0 bridgehead atoms. The van der Waals surface area contributed by atoms with Crippen LogP contribution in [0.3, 0.4) is 0 Å². The van der Waals surface area contributed by atoms with Crippen LogP contribution in [-0.4, -0.2) is 16.3 Å². The van der Waals surface area contributed by atoms with Crippen molar-refractivity contribution in [3.8, 4) is 0 Å². The van der Waals surface area contributed by atoms with Gasteiger partial charge in [-0.25, -0.2) is 8.78 Å². The molecule has 1 unspecified atom stereocenters. The molecule has 2 aromatic rings. The van der Waals surface area contributed by atoms with E-state index in [9.17, 15) is 8.78 Å². The Kier molecular flexibility index (Phi) is 5.07. The van der Waals surface area contributed by atoms with E-state index in [1.807, 2.05) is 20.2 Å². The Balaban J connectivity index is 2.46. The van der Waals surface area contributed by atoms with Gasteiger partial charge in [0.2, 0.25) is 0 Å². The maximum atomic E-state index is 14.1. The Hall–Kier alpha value is -1.75. The fraction of sp³-hybridized carbons (Fsp3) is 0.438. The van der Waals surface area contributed by atoms with Crippen molar-refractivity contribution in [1.82, 2.24) is 15.1 Å². The van der Waals surface area contributed by atoms with Gasteiger partial charge in [-0.15, -0.1) is 0 Å². The molecule has 0 spiro atoms. The number of hydrogen-bond acceptors (Lipinski definition) is 2. The number of nitrogens with zero attached hydrogens (tertiary/aromatic N) is 2. The number of hydrogen-bond donors (Lipinski definition) is 1. The number of benzene rings is 1. The monoisotopic (exact) mass is 293 g/mol. The van der Waals surface area contributed by atoms with Gasteiger partial charge in [-0.05, 0) is 25.5 Å². The average Bonchev–Trinajstić information content (AvgIpc) is 2.82. The molecule has 0 aliphatic heterocycles. The lowest BCUT2D eigenvalue weighted by Crippen LogP contribution is -2.24. The summed E-state index contributed by atoms with van der Waals surface area (Å²) in [5.41, 5.74) is 2.32. The van der Waals surface area contributed by atoms with E-state index in [4.69, 9.17) is 0 Å². The molecule has 1 heterocycles. The molecule has 0 aliphatic rings. The number of aryl methyl sites for hydroxylation is 2. The zero-order valence-corrected chi connectivity index (χ0v) is 12.7. The number of rotatable bonds is 6. The third-order valence-electron chi connectivity index (χ3n) is 3.46. The molecule has 21 heavy (non-hydrogen) atoms. The predicted molar refractivity (Wildman–Crippen MR) is 79.1 cm³/mol. The van der Waals surface area contributed by atoms with E-state index in [0.29, 0.717) is 5.56 Å². The van der Waals surface area contributed by atoms with Crippen LogP contribution >= 0.6 is 0 Å². The molecule has 2 rings (SSSR count).